The quantitative estimate of drug-likeness (QED) is 0.840. The lowest BCUT2D eigenvalue weighted by atomic mass is 9.96. The van der Waals surface area contributed by atoms with Crippen LogP contribution in [0.1, 0.15) is 24.6 Å². The fraction of sp³-hybridized carbons (Fsp3) is 0.750. The Morgan fingerprint density at radius 3 is 2.80 bits per heavy atom. The van der Waals surface area contributed by atoms with Crippen LogP contribution in [0, 0.1) is 0 Å². The minimum Gasteiger partial charge on any atom is -0.366 e. The van der Waals surface area contributed by atoms with Crippen LogP contribution in [0.3, 0.4) is 0 Å². The molecular weight excluding hydrogens is 284 g/mol. The monoisotopic (exact) mass is 302 g/mol. The number of halogens is 1. The highest BCUT2D eigenvalue weighted by molar-refractivity contribution is 5.85. The van der Waals surface area contributed by atoms with Crippen LogP contribution in [0.4, 0.5) is 0 Å². The van der Waals surface area contributed by atoms with E-state index in [0.717, 1.165) is 38.3 Å². The first-order chi connectivity index (χ1) is 9.34. The van der Waals surface area contributed by atoms with Gasteiger partial charge < -0.3 is 19.5 Å². The summed E-state index contributed by atoms with van der Waals surface area (Å²) < 4.78 is 10.3. The average molecular weight is 303 g/mol. The zero-order valence-electron chi connectivity index (χ0n) is 11.2. The van der Waals surface area contributed by atoms with Crippen molar-refractivity contribution in [2.75, 3.05) is 32.8 Å². The number of nitrogens with one attached hydrogen (secondary N) is 1. The number of aromatic nitrogens is 2. The van der Waals surface area contributed by atoms with Gasteiger partial charge in [0.05, 0.1) is 6.61 Å². The SMILES string of the molecule is Cl.O=C(C1CNCCO1)N1CCC(c2ncon2)CC1. The predicted octanol–water partition coefficient (Wildman–Crippen LogP) is 0.186. The molecular formula is C12H19ClN4O3. The van der Waals surface area contributed by atoms with Crippen LogP contribution in [0.2, 0.25) is 0 Å². The molecule has 20 heavy (non-hydrogen) atoms. The summed E-state index contributed by atoms with van der Waals surface area (Å²) in [5.74, 6) is 1.15. The fourth-order valence-corrected chi connectivity index (χ4v) is 2.64. The standard InChI is InChI=1S/C12H18N4O3.ClH/c17-12(10-7-13-3-6-18-10)16-4-1-9(2-5-16)11-14-8-19-15-11;/h8-10,13H,1-7H2;1H. The number of nitrogens with zero attached hydrogens (tertiary/aromatic N) is 3. The van der Waals surface area contributed by atoms with Crippen molar-refractivity contribution in [3.63, 3.8) is 0 Å². The number of carbonyl (C=O) groups excluding carboxylic acids is 1. The Morgan fingerprint density at radius 2 is 2.20 bits per heavy atom. The number of ether oxygens (including phenoxy) is 1. The highest BCUT2D eigenvalue weighted by Gasteiger charge is 2.31. The van der Waals surface area contributed by atoms with E-state index in [0.29, 0.717) is 19.1 Å². The van der Waals surface area contributed by atoms with Gasteiger partial charge in [0, 0.05) is 32.1 Å². The second-order valence-electron chi connectivity index (χ2n) is 4.95. The summed E-state index contributed by atoms with van der Waals surface area (Å²) in [5, 5.41) is 7.06. The molecule has 3 heterocycles. The minimum absolute atomic E-state index is 0. The molecule has 1 N–H and O–H groups in total. The molecule has 1 atom stereocenters. The molecule has 2 aliphatic heterocycles. The molecule has 1 amide bonds. The predicted molar refractivity (Wildman–Crippen MR) is 72.7 cm³/mol. The molecule has 0 bridgehead atoms. The van der Waals surface area contributed by atoms with E-state index in [-0.39, 0.29) is 24.4 Å². The van der Waals surface area contributed by atoms with E-state index in [1.165, 1.54) is 6.39 Å². The molecule has 2 fully saturated rings. The van der Waals surface area contributed by atoms with Crippen molar-refractivity contribution in [3.05, 3.63) is 12.2 Å². The average Bonchev–Trinajstić information content (AvgIpc) is 3.02. The van der Waals surface area contributed by atoms with Crippen molar-refractivity contribution >= 4 is 18.3 Å². The Bertz CT molecular complexity index is 414. The zero-order chi connectivity index (χ0) is 13.1. The van der Waals surface area contributed by atoms with Crippen molar-refractivity contribution in [3.8, 4) is 0 Å². The van der Waals surface area contributed by atoms with Gasteiger partial charge in [0.25, 0.3) is 5.91 Å². The molecule has 7 nitrogen and oxygen atoms in total. The van der Waals surface area contributed by atoms with Gasteiger partial charge in [-0.3, -0.25) is 4.79 Å². The highest BCUT2D eigenvalue weighted by atomic mass is 35.5. The Hall–Kier alpha value is -1.18. The third-order valence-electron chi connectivity index (χ3n) is 3.75. The number of carbonyl (C=O) groups is 1. The summed E-state index contributed by atoms with van der Waals surface area (Å²) in [6.45, 7) is 3.51. The molecule has 0 aliphatic carbocycles. The summed E-state index contributed by atoms with van der Waals surface area (Å²) in [4.78, 5) is 18.2. The summed E-state index contributed by atoms with van der Waals surface area (Å²) >= 11 is 0. The van der Waals surface area contributed by atoms with Crippen molar-refractivity contribution in [1.29, 1.82) is 0 Å². The summed E-state index contributed by atoms with van der Waals surface area (Å²) in [7, 11) is 0. The summed E-state index contributed by atoms with van der Waals surface area (Å²) in [6, 6.07) is 0. The molecule has 0 aromatic carbocycles. The molecule has 0 radical (unpaired) electrons. The maximum absolute atomic E-state index is 12.3. The van der Waals surface area contributed by atoms with Crippen molar-refractivity contribution in [1.82, 2.24) is 20.4 Å². The van der Waals surface area contributed by atoms with E-state index in [1.807, 2.05) is 4.90 Å². The van der Waals surface area contributed by atoms with Crippen molar-refractivity contribution in [2.45, 2.75) is 24.9 Å². The lowest BCUT2D eigenvalue weighted by Gasteiger charge is -2.34. The van der Waals surface area contributed by atoms with Crippen LogP contribution in [0.5, 0.6) is 0 Å². The van der Waals surface area contributed by atoms with Gasteiger partial charge in [-0.1, -0.05) is 5.16 Å². The highest BCUT2D eigenvalue weighted by Crippen LogP contribution is 2.25. The number of hydrogen-bond donors (Lipinski definition) is 1. The van der Waals surface area contributed by atoms with E-state index in [4.69, 9.17) is 9.26 Å². The number of hydrogen-bond acceptors (Lipinski definition) is 6. The molecule has 0 saturated carbocycles. The van der Waals surface area contributed by atoms with Gasteiger partial charge in [-0.2, -0.15) is 4.98 Å². The Kier molecular flexibility index (Phi) is 5.33. The van der Waals surface area contributed by atoms with E-state index in [2.05, 4.69) is 15.5 Å². The first-order valence-corrected chi connectivity index (χ1v) is 6.72. The molecule has 8 heteroatoms. The van der Waals surface area contributed by atoms with Gasteiger partial charge in [0.15, 0.2) is 5.82 Å². The van der Waals surface area contributed by atoms with Gasteiger partial charge in [0.2, 0.25) is 6.39 Å². The molecule has 1 aromatic rings. The normalized spacial score (nSPS) is 24.2. The van der Waals surface area contributed by atoms with E-state index in [1.54, 1.807) is 0 Å². The number of piperidine rings is 1. The smallest absolute Gasteiger partial charge is 0.253 e. The summed E-state index contributed by atoms with van der Waals surface area (Å²) in [5.41, 5.74) is 0. The van der Waals surface area contributed by atoms with E-state index in [9.17, 15) is 4.79 Å². The molecule has 112 valence electrons. The van der Waals surface area contributed by atoms with E-state index < -0.39 is 0 Å². The largest absolute Gasteiger partial charge is 0.366 e. The third-order valence-corrected chi connectivity index (χ3v) is 3.75. The third kappa shape index (κ3) is 3.28. The molecule has 2 aliphatic rings. The molecule has 1 unspecified atom stereocenters. The van der Waals surface area contributed by atoms with Crippen LogP contribution in [0.15, 0.2) is 10.9 Å². The van der Waals surface area contributed by atoms with Crippen LogP contribution in [0.25, 0.3) is 0 Å². The van der Waals surface area contributed by atoms with Crippen LogP contribution < -0.4 is 5.32 Å². The second kappa shape index (κ2) is 7.01. The van der Waals surface area contributed by atoms with Crippen LogP contribution in [-0.2, 0) is 9.53 Å². The minimum atomic E-state index is -0.324. The van der Waals surface area contributed by atoms with Gasteiger partial charge in [0.1, 0.15) is 6.10 Å². The van der Waals surface area contributed by atoms with Gasteiger partial charge >= 0.3 is 0 Å². The first-order valence-electron chi connectivity index (χ1n) is 6.72. The molecule has 1 aromatic heterocycles. The maximum Gasteiger partial charge on any atom is 0.253 e. The molecule has 2 saturated heterocycles. The Morgan fingerprint density at radius 1 is 1.40 bits per heavy atom. The number of amides is 1. The fourth-order valence-electron chi connectivity index (χ4n) is 2.64. The van der Waals surface area contributed by atoms with Gasteiger partial charge in [-0.05, 0) is 12.8 Å². The second-order valence-corrected chi connectivity index (χ2v) is 4.95. The lowest BCUT2D eigenvalue weighted by molar-refractivity contribution is -0.146. The van der Waals surface area contributed by atoms with Crippen LogP contribution >= 0.6 is 12.4 Å². The lowest BCUT2D eigenvalue weighted by Crippen LogP contribution is -2.51. The van der Waals surface area contributed by atoms with Crippen molar-refractivity contribution in [2.24, 2.45) is 0 Å². The maximum atomic E-state index is 12.3. The van der Waals surface area contributed by atoms with Crippen molar-refractivity contribution < 1.29 is 14.1 Å². The Labute approximate surface area is 123 Å². The number of morpholine rings is 1. The van der Waals surface area contributed by atoms with E-state index >= 15 is 0 Å². The molecule has 3 rings (SSSR count). The molecule has 0 spiro atoms. The number of likely N-dealkylation sites (tertiary alicyclic amines) is 1. The van der Waals surface area contributed by atoms with Gasteiger partial charge in [-0.15, -0.1) is 12.4 Å². The van der Waals surface area contributed by atoms with Crippen LogP contribution in [-0.4, -0.2) is 59.8 Å². The van der Waals surface area contributed by atoms with Gasteiger partial charge in [-0.25, -0.2) is 0 Å². The zero-order valence-corrected chi connectivity index (χ0v) is 12.0. The Balaban J connectivity index is 0.00000147. The topological polar surface area (TPSA) is 80.5 Å². The first kappa shape index (κ1) is 15.2. The number of rotatable bonds is 2. The summed E-state index contributed by atoms with van der Waals surface area (Å²) in [6.07, 6.45) is 2.79.